The van der Waals surface area contributed by atoms with E-state index in [0.717, 1.165) is 4.88 Å². The van der Waals surface area contributed by atoms with Crippen molar-refractivity contribution in [1.82, 2.24) is 10.8 Å². The molecule has 0 aliphatic rings. The lowest BCUT2D eigenvalue weighted by atomic mass is 9.95. The second-order valence-corrected chi connectivity index (χ2v) is 7.60. The standard InChI is InChI=1S/C20H20N4O3S/c1-20(2,22)17(19(26)24-27)23-18(25)14-9-7-13(8-10-14)5-3-4-6-15-11-12-16(21)28-15/h7-12,17,27H,21-22H2,1-2H3,(H,23,25)(H,24,26)/t17-/m1/s1. The van der Waals surface area contributed by atoms with E-state index in [2.05, 4.69) is 29.0 Å². The Morgan fingerprint density at radius 3 is 2.29 bits per heavy atom. The van der Waals surface area contributed by atoms with Crippen molar-refractivity contribution in [3.05, 3.63) is 52.4 Å². The van der Waals surface area contributed by atoms with Gasteiger partial charge in [-0.1, -0.05) is 5.92 Å². The molecule has 7 nitrogen and oxygen atoms in total. The van der Waals surface area contributed by atoms with E-state index < -0.39 is 23.4 Å². The second kappa shape index (κ2) is 9.07. The Balaban J connectivity index is 2.06. The minimum Gasteiger partial charge on any atom is -0.391 e. The number of rotatable bonds is 4. The summed E-state index contributed by atoms with van der Waals surface area (Å²) in [5.41, 5.74) is 13.0. The summed E-state index contributed by atoms with van der Waals surface area (Å²) in [4.78, 5) is 24.9. The fourth-order valence-electron chi connectivity index (χ4n) is 2.19. The molecule has 8 heteroatoms. The molecule has 1 heterocycles. The molecule has 2 amide bonds. The third kappa shape index (κ3) is 5.86. The summed E-state index contributed by atoms with van der Waals surface area (Å²) in [6, 6.07) is 8.99. The first-order valence-electron chi connectivity index (χ1n) is 8.22. The van der Waals surface area contributed by atoms with Crippen LogP contribution in [0.3, 0.4) is 0 Å². The topological polar surface area (TPSA) is 130 Å². The Morgan fingerprint density at radius 2 is 1.75 bits per heavy atom. The number of benzene rings is 1. The summed E-state index contributed by atoms with van der Waals surface area (Å²) in [6.45, 7) is 3.13. The molecule has 0 radical (unpaired) electrons. The van der Waals surface area contributed by atoms with E-state index in [4.69, 9.17) is 16.7 Å². The summed E-state index contributed by atoms with van der Waals surface area (Å²) in [5.74, 6) is 9.97. The molecule has 0 aliphatic heterocycles. The number of nitrogen functional groups attached to an aromatic ring is 1. The van der Waals surface area contributed by atoms with E-state index in [9.17, 15) is 9.59 Å². The molecule has 7 N–H and O–H groups in total. The molecular weight excluding hydrogens is 376 g/mol. The highest BCUT2D eigenvalue weighted by molar-refractivity contribution is 7.16. The van der Waals surface area contributed by atoms with Gasteiger partial charge in [0.2, 0.25) is 0 Å². The van der Waals surface area contributed by atoms with E-state index in [1.54, 1.807) is 44.2 Å². The molecule has 28 heavy (non-hydrogen) atoms. The number of hydrogen-bond acceptors (Lipinski definition) is 6. The number of hydrogen-bond donors (Lipinski definition) is 5. The molecule has 1 atom stereocenters. The second-order valence-electron chi connectivity index (χ2n) is 6.48. The van der Waals surface area contributed by atoms with Crippen LogP contribution in [0, 0.1) is 23.7 Å². The fraction of sp³-hybridized carbons (Fsp3) is 0.200. The van der Waals surface area contributed by atoms with Crippen molar-refractivity contribution in [2.75, 3.05) is 5.73 Å². The lowest BCUT2D eigenvalue weighted by Crippen LogP contribution is -2.61. The van der Waals surface area contributed by atoms with E-state index in [1.807, 2.05) is 6.07 Å². The molecule has 0 aliphatic carbocycles. The largest absolute Gasteiger partial charge is 0.391 e. The summed E-state index contributed by atoms with van der Waals surface area (Å²) in [7, 11) is 0. The van der Waals surface area contributed by atoms with Gasteiger partial charge in [-0.15, -0.1) is 11.3 Å². The highest BCUT2D eigenvalue weighted by Crippen LogP contribution is 2.16. The average Bonchev–Trinajstić information content (AvgIpc) is 3.07. The summed E-state index contributed by atoms with van der Waals surface area (Å²) < 4.78 is 0. The van der Waals surface area contributed by atoms with Crippen LogP contribution < -0.4 is 22.3 Å². The van der Waals surface area contributed by atoms with Crippen LogP contribution in [0.5, 0.6) is 0 Å². The zero-order chi connectivity index (χ0) is 20.7. The van der Waals surface area contributed by atoms with Crippen LogP contribution in [-0.4, -0.2) is 28.6 Å². The van der Waals surface area contributed by atoms with Gasteiger partial charge in [-0.2, -0.15) is 0 Å². The monoisotopic (exact) mass is 396 g/mol. The van der Waals surface area contributed by atoms with Crippen LogP contribution in [0.15, 0.2) is 36.4 Å². The van der Waals surface area contributed by atoms with Crippen LogP contribution in [0.2, 0.25) is 0 Å². The first-order chi connectivity index (χ1) is 13.2. The number of thiophene rings is 1. The van der Waals surface area contributed by atoms with E-state index >= 15 is 0 Å². The predicted octanol–water partition coefficient (Wildman–Crippen LogP) is 1.07. The molecule has 2 aromatic rings. The van der Waals surface area contributed by atoms with Crippen LogP contribution in [0.4, 0.5) is 5.00 Å². The van der Waals surface area contributed by atoms with Crippen molar-refractivity contribution in [1.29, 1.82) is 0 Å². The van der Waals surface area contributed by atoms with Crippen molar-refractivity contribution in [3.63, 3.8) is 0 Å². The SMILES string of the molecule is CC(C)(N)[C@H](NC(=O)c1ccc(C#CC#Cc2ccc(N)s2)cc1)C(=O)NO. The van der Waals surface area contributed by atoms with Crippen molar-refractivity contribution >= 4 is 28.2 Å². The lowest BCUT2D eigenvalue weighted by Gasteiger charge is -2.29. The van der Waals surface area contributed by atoms with Crippen molar-refractivity contribution in [3.8, 4) is 23.7 Å². The van der Waals surface area contributed by atoms with Gasteiger partial charge in [0.25, 0.3) is 11.8 Å². The minimum atomic E-state index is -1.11. The maximum atomic E-state index is 12.4. The third-order valence-electron chi connectivity index (χ3n) is 3.62. The number of carbonyl (C=O) groups excluding carboxylic acids is 2. The van der Waals surface area contributed by atoms with Gasteiger partial charge in [0.15, 0.2) is 0 Å². The summed E-state index contributed by atoms with van der Waals surface area (Å²) in [6.07, 6.45) is 0. The number of carbonyl (C=O) groups is 2. The third-order valence-corrected chi connectivity index (χ3v) is 4.45. The maximum Gasteiger partial charge on any atom is 0.267 e. The molecule has 2 rings (SSSR count). The quantitative estimate of drug-likeness (QED) is 0.300. The van der Waals surface area contributed by atoms with Gasteiger partial charge in [-0.05, 0) is 68.0 Å². The molecule has 0 bridgehead atoms. The Hall–Kier alpha value is -3.30. The van der Waals surface area contributed by atoms with Crippen LogP contribution in [0.1, 0.15) is 34.6 Å². The van der Waals surface area contributed by atoms with Gasteiger partial charge in [-0.25, -0.2) is 5.48 Å². The van der Waals surface area contributed by atoms with Crippen LogP contribution in [-0.2, 0) is 4.79 Å². The number of nitrogens with one attached hydrogen (secondary N) is 2. The van der Waals surface area contributed by atoms with Crippen molar-refractivity contribution in [2.45, 2.75) is 25.4 Å². The Bertz CT molecular complexity index is 983. The average molecular weight is 396 g/mol. The first-order valence-corrected chi connectivity index (χ1v) is 9.03. The van der Waals surface area contributed by atoms with E-state index in [1.165, 1.54) is 16.8 Å². The van der Waals surface area contributed by atoms with Gasteiger partial charge in [-0.3, -0.25) is 14.8 Å². The van der Waals surface area contributed by atoms with Crippen LogP contribution >= 0.6 is 11.3 Å². The molecule has 0 spiro atoms. The summed E-state index contributed by atoms with van der Waals surface area (Å²) in [5, 5.41) is 12.0. The Kier molecular flexibility index (Phi) is 6.80. The zero-order valence-electron chi connectivity index (χ0n) is 15.4. The lowest BCUT2D eigenvalue weighted by molar-refractivity contribution is -0.132. The number of anilines is 1. The fourth-order valence-corrected chi connectivity index (χ4v) is 2.82. The molecule has 1 aromatic carbocycles. The Labute approximate surface area is 167 Å². The van der Waals surface area contributed by atoms with Crippen molar-refractivity contribution in [2.24, 2.45) is 5.73 Å². The molecule has 0 unspecified atom stereocenters. The minimum absolute atomic E-state index is 0.325. The van der Waals surface area contributed by atoms with Crippen molar-refractivity contribution < 1.29 is 14.8 Å². The highest BCUT2D eigenvalue weighted by atomic mass is 32.1. The van der Waals surface area contributed by atoms with Gasteiger partial charge < -0.3 is 16.8 Å². The van der Waals surface area contributed by atoms with Crippen LogP contribution in [0.25, 0.3) is 0 Å². The van der Waals surface area contributed by atoms with Gasteiger partial charge in [0, 0.05) is 16.7 Å². The van der Waals surface area contributed by atoms with Gasteiger partial charge in [0.05, 0.1) is 9.88 Å². The molecule has 0 saturated carbocycles. The van der Waals surface area contributed by atoms with E-state index in [-0.39, 0.29) is 0 Å². The molecule has 1 aromatic heterocycles. The number of amides is 2. The maximum absolute atomic E-state index is 12.4. The molecule has 144 valence electrons. The normalized spacial score (nSPS) is 11.3. The first kappa shape index (κ1) is 21.0. The zero-order valence-corrected chi connectivity index (χ0v) is 16.2. The van der Waals surface area contributed by atoms with Gasteiger partial charge in [0.1, 0.15) is 6.04 Å². The number of nitrogens with two attached hydrogens (primary N) is 2. The molecule has 0 saturated heterocycles. The highest BCUT2D eigenvalue weighted by Gasteiger charge is 2.33. The van der Waals surface area contributed by atoms with Gasteiger partial charge >= 0.3 is 0 Å². The van der Waals surface area contributed by atoms with E-state index in [0.29, 0.717) is 16.1 Å². The predicted molar refractivity (Wildman–Crippen MR) is 108 cm³/mol. The molecular formula is C20H20N4O3S. The number of hydroxylamine groups is 1. The summed E-state index contributed by atoms with van der Waals surface area (Å²) >= 11 is 1.39. The molecule has 0 fully saturated rings. The smallest absolute Gasteiger partial charge is 0.267 e. The Morgan fingerprint density at radius 1 is 1.11 bits per heavy atom.